The normalized spacial score (nSPS) is 17.5. The Hall–Kier alpha value is -4.15. The Morgan fingerprint density at radius 1 is 1.03 bits per heavy atom. The van der Waals surface area contributed by atoms with Gasteiger partial charge in [0.15, 0.2) is 0 Å². The highest BCUT2D eigenvalue weighted by molar-refractivity contribution is 6.05. The molecular formula is C27H23N5O2. The molecule has 1 atom stereocenters. The minimum Gasteiger partial charge on any atom is -0.456 e. The number of aromatic nitrogens is 2. The Bertz CT molecular complexity index is 1480. The van der Waals surface area contributed by atoms with Gasteiger partial charge in [0.25, 0.3) is 0 Å². The molecule has 6 bridgehead atoms. The summed E-state index contributed by atoms with van der Waals surface area (Å²) in [7, 11) is 0. The fourth-order valence-corrected chi connectivity index (χ4v) is 4.88. The number of piperazine rings is 1. The van der Waals surface area contributed by atoms with Crippen LogP contribution in [0.4, 0.5) is 5.69 Å². The summed E-state index contributed by atoms with van der Waals surface area (Å²) in [5.74, 6) is 2.14. The quantitative estimate of drug-likeness (QED) is 0.402. The zero-order chi connectivity index (χ0) is 23.2. The molecule has 168 valence electrons. The third-order valence-electron chi connectivity index (χ3n) is 6.68. The highest BCUT2D eigenvalue weighted by Gasteiger charge is 2.27. The summed E-state index contributed by atoms with van der Waals surface area (Å²) in [6, 6.07) is 19.8. The summed E-state index contributed by atoms with van der Waals surface area (Å²) in [5, 5.41) is 11.7. The second-order valence-electron chi connectivity index (χ2n) is 8.84. The number of aryl methyl sites for hydroxylation is 1. The zero-order valence-corrected chi connectivity index (χ0v) is 18.9. The maximum absolute atomic E-state index is 13.2. The van der Waals surface area contributed by atoms with Crippen LogP contribution < -0.4 is 9.64 Å². The number of rotatable bonds is 0. The van der Waals surface area contributed by atoms with Crippen molar-refractivity contribution in [3.8, 4) is 17.6 Å². The van der Waals surface area contributed by atoms with Gasteiger partial charge in [-0.1, -0.05) is 24.3 Å². The lowest BCUT2D eigenvalue weighted by molar-refractivity contribution is -0.121. The van der Waals surface area contributed by atoms with E-state index in [0.717, 1.165) is 40.1 Å². The molecule has 1 saturated heterocycles. The number of fused-ring (bicyclic) bond motifs is 2. The number of ether oxygens (including phenoxy) is 1. The third kappa shape index (κ3) is 3.49. The van der Waals surface area contributed by atoms with Gasteiger partial charge in [-0.2, -0.15) is 5.26 Å². The number of hydrogen-bond acceptors (Lipinski definition) is 5. The van der Waals surface area contributed by atoms with E-state index in [2.05, 4.69) is 20.5 Å². The SMILES string of the molecule is Cc1ncc2n1Cc1ccc(C#N)c(c1)Oc1ccc3cccc(c3c1)N1CCN(CC1=O)C2. The van der Waals surface area contributed by atoms with Crippen LogP contribution in [0.25, 0.3) is 10.8 Å². The van der Waals surface area contributed by atoms with E-state index in [1.807, 2.05) is 72.6 Å². The molecule has 7 heteroatoms. The van der Waals surface area contributed by atoms with Gasteiger partial charge < -0.3 is 14.2 Å². The average Bonchev–Trinajstić information content (AvgIpc) is 3.17. The van der Waals surface area contributed by atoms with Gasteiger partial charge in [0.05, 0.1) is 23.5 Å². The molecular weight excluding hydrogens is 426 g/mol. The van der Waals surface area contributed by atoms with Gasteiger partial charge in [0, 0.05) is 37.8 Å². The first-order chi connectivity index (χ1) is 16.6. The van der Waals surface area contributed by atoms with Crippen molar-refractivity contribution in [2.75, 3.05) is 24.5 Å². The standard InChI is InChI=1S/C27H23N5O2/c1-18-29-14-22-16-30-9-10-31(27(33)17-30)25-4-2-3-20-7-8-23(12-24(20)25)34-26-11-19(15-32(18)22)5-6-21(26)13-28/h2-8,11-12,14H,9-10,15-17H2,1H3. The van der Waals surface area contributed by atoms with Gasteiger partial charge in [-0.3, -0.25) is 9.69 Å². The molecule has 1 amide bonds. The number of imidazole rings is 1. The van der Waals surface area contributed by atoms with Crippen LogP contribution in [0.15, 0.2) is 60.8 Å². The molecule has 0 radical (unpaired) electrons. The lowest BCUT2D eigenvalue weighted by atomic mass is 10.1. The molecule has 3 aliphatic heterocycles. The van der Waals surface area contributed by atoms with E-state index in [9.17, 15) is 10.1 Å². The van der Waals surface area contributed by atoms with Crippen LogP contribution in [0.3, 0.4) is 0 Å². The first kappa shape index (κ1) is 20.5. The number of nitrogens with zero attached hydrogens (tertiary/aromatic N) is 5. The number of amides is 1. The molecule has 7 nitrogen and oxygen atoms in total. The van der Waals surface area contributed by atoms with Crippen molar-refractivity contribution >= 4 is 22.4 Å². The molecule has 4 heterocycles. The lowest BCUT2D eigenvalue weighted by Crippen LogP contribution is -2.50. The highest BCUT2D eigenvalue weighted by Crippen LogP contribution is 2.34. The van der Waals surface area contributed by atoms with Crippen molar-refractivity contribution in [2.45, 2.75) is 20.0 Å². The summed E-state index contributed by atoms with van der Waals surface area (Å²) in [5.41, 5.74) is 3.44. The van der Waals surface area contributed by atoms with Crippen LogP contribution in [-0.2, 0) is 17.9 Å². The van der Waals surface area contributed by atoms with E-state index in [1.165, 1.54) is 0 Å². The van der Waals surface area contributed by atoms with Gasteiger partial charge in [-0.15, -0.1) is 0 Å². The number of hydrogen-bond donors (Lipinski definition) is 0. The van der Waals surface area contributed by atoms with E-state index in [0.29, 0.717) is 43.2 Å². The molecule has 4 aromatic rings. The van der Waals surface area contributed by atoms with E-state index in [-0.39, 0.29) is 5.91 Å². The van der Waals surface area contributed by atoms with Gasteiger partial charge in [-0.05, 0) is 48.2 Å². The average molecular weight is 450 g/mol. The van der Waals surface area contributed by atoms with Crippen molar-refractivity contribution in [1.82, 2.24) is 14.5 Å². The monoisotopic (exact) mass is 449 g/mol. The van der Waals surface area contributed by atoms with Gasteiger partial charge in [-0.25, -0.2) is 4.98 Å². The molecule has 0 spiro atoms. The minimum absolute atomic E-state index is 0.0805. The number of benzene rings is 3. The van der Waals surface area contributed by atoms with Crippen molar-refractivity contribution < 1.29 is 9.53 Å². The molecule has 3 aromatic carbocycles. The van der Waals surface area contributed by atoms with Crippen LogP contribution in [0, 0.1) is 18.3 Å². The molecule has 1 aromatic heterocycles. The maximum Gasteiger partial charge on any atom is 0.241 e. The van der Waals surface area contributed by atoms with Gasteiger partial charge in [0.2, 0.25) is 5.91 Å². The molecule has 0 saturated carbocycles. The van der Waals surface area contributed by atoms with E-state index < -0.39 is 0 Å². The number of anilines is 1. The summed E-state index contributed by atoms with van der Waals surface area (Å²) >= 11 is 0. The van der Waals surface area contributed by atoms with Crippen LogP contribution in [0.5, 0.6) is 11.5 Å². The lowest BCUT2D eigenvalue weighted by Gasteiger charge is -2.35. The minimum atomic E-state index is 0.0805. The first-order valence-electron chi connectivity index (χ1n) is 11.4. The Morgan fingerprint density at radius 3 is 2.79 bits per heavy atom. The van der Waals surface area contributed by atoms with E-state index in [4.69, 9.17) is 4.74 Å². The highest BCUT2D eigenvalue weighted by atomic mass is 16.5. The molecule has 0 N–H and O–H groups in total. The van der Waals surface area contributed by atoms with Crippen LogP contribution in [-0.4, -0.2) is 40.0 Å². The Balaban J connectivity index is 1.53. The van der Waals surface area contributed by atoms with Crippen molar-refractivity contribution in [2.24, 2.45) is 0 Å². The molecule has 0 aliphatic carbocycles. The predicted molar refractivity (Wildman–Crippen MR) is 129 cm³/mol. The third-order valence-corrected chi connectivity index (χ3v) is 6.68. The summed E-state index contributed by atoms with van der Waals surface area (Å²) in [6.45, 7) is 5.01. The molecule has 34 heavy (non-hydrogen) atoms. The van der Waals surface area contributed by atoms with Crippen molar-refractivity contribution in [3.63, 3.8) is 0 Å². The first-order valence-corrected chi connectivity index (χ1v) is 11.4. The molecule has 7 rings (SSSR count). The number of nitriles is 1. The summed E-state index contributed by atoms with van der Waals surface area (Å²) in [6.07, 6.45) is 1.89. The van der Waals surface area contributed by atoms with E-state index >= 15 is 0 Å². The summed E-state index contributed by atoms with van der Waals surface area (Å²) < 4.78 is 8.41. The second kappa shape index (κ2) is 8.01. The Morgan fingerprint density at radius 2 is 1.94 bits per heavy atom. The number of carbonyl (C=O) groups is 1. The Labute approximate surface area is 197 Å². The van der Waals surface area contributed by atoms with Crippen molar-refractivity contribution in [3.05, 3.63) is 83.4 Å². The van der Waals surface area contributed by atoms with Crippen LogP contribution >= 0.6 is 0 Å². The van der Waals surface area contributed by atoms with Gasteiger partial charge >= 0.3 is 0 Å². The predicted octanol–water partition coefficient (Wildman–Crippen LogP) is 4.22. The summed E-state index contributed by atoms with van der Waals surface area (Å²) in [4.78, 5) is 21.8. The fourth-order valence-electron chi connectivity index (χ4n) is 4.88. The number of carbonyl (C=O) groups excluding carboxylic acids is 1. The smallest absolute Gasteiger partial charge is 0.241 e. The van der Waals surface area contributed by atoms with Crippen LogP contribution in [0.1, 0.15) is 22.6 Å². The fraction of sp³-hybridized carbons (Fsp3) is 0.222. The van der Waals surface area contributed by atoms with E-state index in [1.54, 1.807) is 0 Å². The zero-order valence-electron chi connectivity index (χ0n) is 18.9. The molecule has 1 fully saturated rings. The van der Waals surface area contributed by atoms with Gasteiger partial charge in [0.1, 0.15) is 23.4 Å². The topological polar surface area (TPSA) is 74.4 Å². The second-order valence-corrected chi connectivity index (χ2v) is 8.84. The van der Waals surface area contributed by atoms with Crippen molar-refractivity contribution in [1.29, 1.82) is 5.26 Å². The molecule has 3 aliphatic rings. The largest absolute Gasteiger partial charge is 0.456 e. The molecule has 1 unspecified atom stereocenters. The maximum atomic E-state index is 13.2. The van der Waals surface area contributed by atoms with Crippen LogP contribution in [0.2, 0.25) is 0 Å². The Kier molecular flexibility index (Phi) is 4.82.